The van der Waals surface area contributed by atoms with Gasteiger partial charge < -0.3 is 10.2 Å². The normalized spacial score (nSPS) is 16.7. The fourth-order valence-electron chi connectivity index (χ4n) is 3.80. The molecule has 1 fully saturated rings. The lowest BCUT2D eigenvalue weighted by atomic mass is 10.1. The number of fused-ring (bicyclic) bond motifs is 1. The Kier molecular flexibility index (Phi) is 5.58. The number of nitrogens with zero attached hydrogens (tertiary/aromatic N) is 1. The van der Waals surface area contributed by atoms with Crippen molar-refractivity contribution < 1.29 is 9.59 Å². The summed E-state index contributed by atoms with van der Waals surface area (Å²) in [5.41, 5.74) is 4.58. The molecular weight excluding hydrogens is 416 g/mol. The summed E-state index contributed by atoms with van der Waals surface area (Å²) in [7, 11) is 0. The summed E-state index contributed by atoms with van der Waals surface area (Å²) >= 11 is 1.46. The van der Waals surface area contributed by atoms with Crippen LogP contribution in [-0.4, -0.2) is 17.9 Å². The number of carbonyl (C=O) groups is 2. The molecule has 5 heteroatoms. The highest BCUT2D eigenvalue weighted by Gasteiger charge is 2.31. The second-order valence-corrected chi connectivity index (χ2v) is 9.42. The Morgan fingerprint density at radius 2 is 1.88 bits per heavy atom. The lowest BCUT2D eigenvalue weighted by molar-refractivity contribution is -0.114. The molecule has 2 aliphatic rings. The van der Waals surface area contributed by atoms with E-state index in [1.165, 1.54) is 11.8 Å². The summed E-state index contributed by atoms with van der Waals surface area (Å²) in [6.07, 6.45) is 4.02. The van der Waals surface area contributed by atoms with E-state index in [0.717, 1.165) is 40.1 Å². The summed E-state index contributed by atoms with van der Waals surface area (Å²) < 4.78 is 0. The minimum absolute atomic E-state index is 0.0485. The first kappa shape index (κ1) is 20.6. The quantitative estimate of drug-likeness (QED) is 0.528. The van der Waals surface area contributed by atoms with Crippen LogP contribution in [0.15, 0.2) is 82.6 Å². The van der Waals surface area contributed by atoms with Crippen LogP contribution in [0.4, 0.5) is 5.69 Å². The van der Waals surface area contributed by atoms with Crippen LogP contribution in [0.3, 0.4) is 0 Å². The molecule has 3 aromatic rings. The van der Waals surface area contributed by atoms with Crippen LogP contribution in [0, 0.1) is 6.92 Å². The van der Waals surface area contributed by atoms with Gasteiger partial charge in [0.2, 0.25) is 0 Å². The van der Waals surface area contributed by atoms with Gasteiger partial charge in [0.25, 0.3) is 11.8 Å². The summed E-state index contributed by atoms with van der Waals surface area (Å²) in [4.78, 5) is 29.7. The van der Waals surface area contributed by atoms with Crippen LogP contribution in [0.25, 0.3) is 6.08 Å². The van der Waals surface area contributed by atoms with Crippen molar-refractivity contribution in [1.29, 1.82) is 0 Å². The third-order valence-corrected chi connectivity index (χ3v) is 6.70. The van der Waals surface area contributed by atoms with E-state index in [1.807, 2.05) is 79.7 Å². The third-order valence-electron chi connectivity index (χ3n) is 5.62. The molecule has 0 spiro atoms. The van der Waals surface area contributed by atoms with E-state index in [-0.39, 0.29) is 11.8 Å². The van der Waals surface area contributed by atoms with Gasteiger partial charge in [0.1, 0.15) is 0 Å². The highest BCUT2D eigenvalue weighted by atomic mass is 32.2. The van der Waals surface area contributed by atoms with E-state index in [1.54, 1.807) is 4.90 Å². The van der Waals surface area contributed by atoms with Gasteiger partial charge in [0.05, 0.1) is 17.1 Å². The Morgan fingerprint density at radius 1 is 1.06 bits per heavy atom. The van der Waals surface area contributed by atoms with Gasteiger partial charge in [-0.1, -0.05) is 71.9 Å². The number of benzene rings is 3. The van der Waals surface area contributed by atoms with Gasteiger partial charge in [-0.3, -0.25) is 9.59 Å². The molecule has 32 heavy (non-hydrogen) atoms. The van der Waals surface area contributed by atoms with Crippen molar-refractivity contribution in [2.75, 3.05) is 4.90 Å². The first-order valence-corrected chi connectivity index (χ1v) is 11.7. The molecule has 4 nitrogen and oxygen atoms in total. The van der Waals surface area contributed by atoms with E-state index < -0.39 is 0 Å². The first-order valence-electron chi connectivity index (χ1n) is 10.8. The Balaban J connectivity index is 1.54. The zero-order valence-electron chi connectivity index (χ0n) is 17.9. The number of amides is 2. The number of hydrogen-bond acceptors (Lipinski definition) is 3. The smallest absolute Gasteiger partial charge is 0.265 e. The SMILES string of the molecule is Cc1cccc(CN2C(=O)C(=Cc3ccccc3)Sc3ccc(C(=O)NC4CC4)cc32)c1. The molecule has 3 aromatic carbocycles. The minimum atomic E-state index is -0.0751. The molecule has 0 saturated heterocycles. The van der Waals surface area contributed by atoms with Gasteiger partial charge in [-0.2, -0.15) is 0 Å². The zero-order valence-corrected chi connectivity index (χ0v) is 18.7. The maximum absolute atomic E-state index is 13.6. The van der Waals surface area contributed by atoms with E-state index in [9.17, 15) is 9.59 Å². The molecule has 0 bridgehead atoms. The summed E-state index contributed by atoms with van der Waals surface area (Å²) in [5.74, 6) is -0.124. The van der Waals surface area contributed by atoms with E-state index in [4.69, 9.17) is 0 Å². The van der Waals surface area contributed by atoms with Gasteiger partial charge in [-0.05, 0) is 55.2 Å². The van der Waals surface area contributed by atoms with Crippen molar-refractivity contribution in [2.45, 2.75) is 37.2 Å². The predicted octanol–water partition coefficient (Wildman–Crippen LogP) is 5.57. The van der Waals surface area contributed by atoms with Crippen molar-refractivity contribution in [3.05, 3.63) is 100.0 Å². The molecule has 1 saturated carbocycles. The van der Waals surface area contributed by atoms with E-state index in [2.05, 4.69) is 11.4 Å². The van der Waals surface area contributed by atoms with Crippen LogP contribution in [-0.2, 0) is 11.3 Å². The zero-order chi connectivity index (χ0) is 22.1. The number of anilines is 1. The van der Waals surface area contributed by atoms with Gasteiger partial charge >= 0.3 is 0 Å². The average Bonchev–Trinajstić information content (AvgIpc) is 3.61. The summed E-state index contributed by atoms with van der Waals surface area (Å²) in [6.45, 7) is 2.50. The highest BCUT2D eigenvalue weighted by molar-refractivity contribution is 8.04. The Hall–Kier alpha value is -3.31. The average molecular weight is 441 g/mol. The van der Waals surface area contributed by atoms with Gasteiger partial charge in [-0.25, -0.2) is 0 Å². The molecular formula is C27H24N2O2S. The van der Waals surface area contributed by atoms with Crippen molar-refractivity contribution in [3.63, 3.8) is 0 Å². The third kappa shape index (κ3) is 4.48. The maximum Gasteiger partial charge on any atom is 0.265 e. The molecule has 160 valence electrons. The largest absolute Gasteiger partial charge is 0.349 e. The molecule has 1 aliphatic heterocycles. The lowest BCUT2D eigenvalue weighted by Gasteiger charge is -2.31. The Labute approximate surface area is 192 Å². The second kappa shape index (κ2) is 8.67. The molecule has 0 radical (unpaired) electrons. The molecule has 2 amide bonds. The number of nitrogens with one attached hydrogen (secondary N) is 1. The Morgan fingerprint density at radius 3 is 2.62 bits per heavy atom. The van der Waals surface area contributed by atoms with Crippen LogP contribution in [0.1, 0.15) is 39.9 Å². The van der Waals surface area contributed by atoms with Gasteiger partial charge in [-0.15, -0.1) is 0 Å². The highest BCUT2D eigenvalue weighted by Crippen LogP contribution is 2.43. The molecule has 5 rings (SSSR count). The molecule has 0 unspecified atom stereocenters. The summed E-state index contributed by atoms with van der Waals surface area (Å²) in [5, 5.41) is 3.04. The number of rotatable bonds is 5. The Bertz CT molecular complexity index is 1220. The molecule has 1 N–H and O–H groups in total. The fourth-order valence-corrected chi connectivity index (χ4v) is 4.84. The van der Waals surface area contributed by atoms with Crippen molar-refractivity contribution in [1.82, 2.24) is 5.32 Å². The topological polar surface area (TPSA) is 49.4 Å². The van der Waals surface area contributed by atoms with Gasteiger partial charge in [0.15, 0.2) is 0 Å². The van der Waals surface area contributed by atoms with Crippen LogP contribution < -0.4 is 10.2 Å². The number of thioether (sulfide) groups is 1. The first-order chi connectivity index (χ1) is 15.6. The van der Waals surface area contributed by atoms with Crippen molar-refractivity contribution in [2.24, 2.45) is 0 Å². The summed E-state index contributed by atoms with van der Waals surface area (Å²) in [6, 6.07) is 24.0. The number of hydrogen-bond donors (Lipinski definition) is 1. The number of carbonyl (C=O) groups excluding carboxylic acids is 2. The van der Waals surface area contributed by atoms with Crippen LogP contribution >= 0.6 is 11.8 Å². The molecule has 0 aromatic heterocycles. The number of aryl methyl sites for hydroxylation is 1. The van der Waals surface area contributed by atoms with Crippen molar-refractivity contribution in [3.8, 4) is 0 Å². The molecule has 0 atom stereocenters. The van der Waals surface area contributed by atoms with E-state index >= 15 is 0 Å². The van der Waals surface area contributed by atoms with Crippen LogP contribution in [0.5, 0.6) is 0 Å². The molecule has 1 aliphatic carbocycles. The standard InChI is InChI=1S/C27H24N2O2S/c1-18-6-5-9-20(14-18)17-29-23-16-21(26(30)28-22-11-12-22)10-13-24(23)32-25(27(29)31)15-19-7-3-2-4-8-19/h2-10,13-16,22H,11-12,17H2,1H3,(H,28,30). The van der Waals surface area contributed by atoms with E-state index in [0.29, 0.717) is 23.1 Å². The van der Waals surface area contributed by atoms with Gasteiger partial charge in [0, 0.05) is 16.5 Å². The second-order valence-electron chi connectivity index (χ2n) is 8.33. The van der Waals surface area contributed by atoms with Crippen LogP contribution in [0.2, 0.25) is 0 Å². The minimum Gasteiger partial charge on any atom is -0.349 e. The lowest BCUT2D eigenvalue weighted by Crippen LogP contribution is -2.34. The predicted molar refractivity (Wildman–Crippen MR) is 130 cm³/mol. The monoisotopic (exact) mass is 440 g/mol. The van der Waals surface area contributed by atoms with Crippen molar-refractivity contribution >= 4 is 35.3 Å². The fraction of sp³-hybridized carbons (Fsp3) is 0.185. The maximum atomic E-state index is 13.6. The molecule has 1 heterocycles.